The van der Waals surface area contributed by atoms with Crippen LogP contribution in [0.1, 0.15) is 22.9 Å². The van der Waals surface area contributed by atoms with Gasteiger partial charge in [-0.1, -0.05) is 72.3 Å². The van der Waals surface area contributed by atoms with Gasteiger partial charge in [0.2, 0.25) is 0 Å². The highest BCUT2D eigenvalue weighted by Crippen LogP contribution is 2.48. The molecule has 0 unspecified atom stereocenters. The largest absolute Gasteiger partial charge is 0.337 e. The van der Waals surface area contributed by atoms with Gasteiger partial charge in [-0.2, -0.15) is 5.10 Å². The van der Waals surface area contributed by atoms with Crippen molar-refractivity contribution in [2.45, 2.75) is 13.0 Å². The normalized spacial score (nSPS) is 15.6. The van der Waals surface area contributed by atoms with E-state index in [-0.39, 0.29) is 6.04 Å². The lowest BCUT2D eigenvalue weighted by Crippen LogP contribution is -2.46. The third-order valence-corrected chi connectivity index (χ3v) is 7.11. The van der Waals surface area contributed by atoms with Gasteiger partial charge in [-0.15, -0.1) is 0 Å². The molecule has 1 aromatic heterocycles. The Morgan fingerprint density at radius 1 is 0.763 bits per heavy atom. The summed E-state index contributed by atoms with van der Waals surface area (Å²) < 4.78 is 1.94. The van der Waals surface area contributed by atoms with E-state index in [1.165, 1.54) is 0 Å². The number of anilines is 2. The SMILES string of the molecule is Cc1nn(-c2ccccc2)c2c1[C@H](c1ccccc1)N1C(=N2)C(Nc2ccc(Cl)cc2)=Nc2ccccc21. The molecule has 1 atom stereocenters. The van der Waals surface area contributed by atoms with Crippen LogP contribution in [0.15, 0.2) is 119 Å². The lowest BCUT2D eigenvalue weighted by Gasteiger charge is -2.40. The maximum atomic E-state index is 6.15. The van der Waals surface area contributed by atoms with Crippen molar-refractivity contribution in [2.24, 2.45) is 9.98 Å². The van der Waals surface area contributed by atoms with Gasteiger partial charge in [0.1, 0.15) is 0 Å². The molecule has 0 saturated carbocycles. The molecule has 0 aliphatic carbocycles. The van der Waals surface area contributed by atoms with E-state index in [2.05, 4.69) is 47.5 Å². The fraction of sp³-hybridized carbons (Fsp3) is 0.0645. The van der Waals surface area contributed by atoms with Gasteiger partial charge in [0.25, 0.3) is 0 Å². The molecule has 2 aliphatic rings. The summed E-state index contributed by atoms with van der Waals surface area (Å²) in [6.07, 6.45) is 0. The first-order valence-electron chi connectivity index (χ1n) is 12.5. The molecule has 6 nitrogen and oxygen atoms in total. The Morgan fingerprint density at radius 3 is 2.21 bits per heavy atom. The smallest absolute Gasteiger partial charge is 0.179 e. The second-order valence-corrected chi connectivity index (χ2v) is 9.71. The highest BCUT2D eigenvalue weighted by Gasteiger charge is 2.41. The van der Waals surface area contributed by atoms with Crippen LogP contribution in [0.2, 0.25) is 5.02 Å². The number of para-hydroxylation sites is 3. The number of aromatic nitrogens is 2. The molecule has 38 heavy (non-hydrogen) atoms. The second-order valence-electron chi connectivity index (χ2n) is 9.27. The lowest BCUT2D eigenvalue weighted by atomic mass is 9.93. The maximum absolute atomic E-state index is 6.15. The van der Waals surface area contributed by atoms with E-state index in [9.17, 15) is 0 Å². The van der Waals surface area contributed by atoms with E-state index in [1.807, 2.05) is 83.5 Å². The maximum Gasteiger partial charge on any atom is 0.179 e. The molecule has 184 valence electrons. The van der Waals surface area contributed by atoms with Crippen LogP contribution in [0.4, 0.5) is 22.9 Å². The van der Waals surface area contributed by atoms with Crippen LogP contribution < -0.4 is 10.2 Å². The van der Waals surface area contributed by atoms with Gasteiger partial charge in [0.15, 0.2) is 17.5 Å². The molecule has 7 rings (SSSR count). The van der Waals surface area contributed by atoms with Crippen molar-refractivity contribution in [1.82, 2.24) is 9.78 Å². The zero-order chi connectivity index (χ0) is 25.6. The molecule has 1 N–H and O–H groups in total. The third kappa shape index (κ3) is 3.69. The van der Waals surface area contributed by atoms with Crippen molar-refractivity contribution in [3.63, 3.8) is 0 Å². The monoisotopic (exact) mass is 514 g/mol. The Labute approximate surface area is 225 Å². The van der Waals surface area contributed by atoms with Crippen molar-refractivity contribution < 1.29 is 0 Å². The molecular formula is C31H23ClN6. The summed E-state index contributed by atoms with van der Waals surface area (Å²) in [6, 6.07) is 36.3. The minimum atomic E-state index is -0.144. The average molecular weight is 515 g/mol. The molecule has 0 bridgehead atoms. The predicted molar refractivity (Wildman–Crippen MR) is 155 cm³/mol. The molecule has 0 radical (unpaired) electrons. The Balaban J connectivity index is 1.49. The van der Waals surface area contributed by atoms with Gasteiger partial charge in [0, 0.05) is 16.3 Å². The van der Waals surface area contributed by atoms with Gasteiger partial charge in [0.05, 0.1) is 28.8 Å². The van der Waals surface area contributed by atoms with Crippen LogP contribution in [-0.4, -0.2) is 21.5 Å². The van der Waals surface area contributed by atoms with Crippen molar-refractivity contribution in [2.75, 3.05) is 10.2 Å². The molecule has 0 saturated heterocycles. The van der Waals surface area contributed by atoms with E-state index < -0.39 is 0 Å². The van der Waals surface area contributed by atoms with Crippen molar-refractivity contribution in [3.8, 4) is 5.69 Å². The Bertz CT molecular complexity index is 1710. The second kappa shape index (κ2) is 9.01. The fourth-order valence-corrected chi connectivity index (χ4v) is 5.29. The summed E-state index contributed by atoms with van der Waals surface area (Å²) in [7, 11) is 0. The highest BCUT2D eigenvalue weighted by molar-refractivity contribution is 6.51. The van der Waals surface area contributed by atoms with Crippen molar-refractivity contribution >= 4 is 46.2 Å². The van der Waals surface area contributed by atoms with Crippen molar-refractivity contribution in [3.05, 3.63) is 131 Å². The Kier molecular flexibility index (Phi) is 5.34. The molecular weight excluding hydrogens is 492 g/mol. The number of rotatable bonds is 3. The van der Waals surface area contributed by atoms with Crippen LogP contribution in [0.25, 0.3) is 5.69 Å². The minimum Gasteiger partial charge on any atom is -0.337 e. The Hall–Kier alpha value is -4.68. The summed E-state index contributed by atoms with van der Waals surface area (Å²) in [4.78, 5) is 12.6. The number of aryl methyl sites for hydroxylation is 1. The fourth-order valence-electron chi connectivity index (χ4n) is 5.17. The van der Waals surface area contributed by atoms with Crippen LogP contribution in [0, 0.1) is 6.92 Å². The summed E-state index contributed by atoms with van der Waals surface area (Å²) in [6.45, 7) is 2.06. The molecule has 0 spiro atoms. The van der Waals surface area contributed by atoms with Crippen LogP contribution in [0.3, 0.4) is 0 Å². The van der Waals surface area contributed by atoms with Crippen LogP contribution >= 0.6 is 11.6 Å². The van der Waals surface area contributed by atoms with Crippen LogP contribution in [0.5, 0.6) is 0 Å². The quantitative estimate of drug-likeness (QED) is 0.269. The number of fused-ring (bicyclic) bond motifs is 4. The van der Waals surface area contributed by atoms with Gasteiger partial charge in [-0.05, 0) is 61.0 Å². The van der Waals surface area contributed by atoms with Gasteiger partial charge >= 0.3 is 0 Å². The Morgan fingerprint density at radius 2 is 1.45 bits per heavy atom. The molecule has 5 aromatic rings. The molecule has 2 aliphatic heterocycles. The molecule has 4 aromatic carbocycles. The number of hydrogen-bond acceptors (Lipinski definition) is 5. The summed E-state index contributed by atoms with van der Waals surface area (Å²) >= 11 is 6.15. The average Bonchev–Trinajstić information content (AvgIpc) is 3.30. The van der Waals surface area contributed by atoms with Crippen LogP contribution in [-0.2, 0) is 0 Å². The standard InChI is InChI=1S/C31H23ClN6/c1-20-27-28(21-10-4-2-5-11-21)37-26-15-9-8-14-25(26)34-29(33-23-18-16-22(32)17-19-23)31(37)35-30(27)38(36-20)24-12-6-3-7-13-24/h2-19,28H,1H3,(H,33,34)/t28-/m0/s1. The summed E-state index contributed by atoms with van der Waals surface area (Å²) in [5.41, 5.74) is 6.88. The van der Waals surface area contributed by atoms with Crippen molar-refractivity contribution in [1.29, 1.82) is 0 Å². The lowest BCUT2D eigenvalue weighted by molar-refractivity contribution is 0.815. The minimum absolute atomic E-state index is 0.144. The zero-order valence-electron chi connectivity index (χ0n) is 20.6. The number of nitrogens with zero attached hydrogens (tertiary/aromatic N) is 5. The molecule has 0 amide bonds. The number of benzene rings is 4. The first-order valence-corrected chi connectivity index (χ1v) is 12.8. The predicted octanol–water partition coefficient (Wildman–Crippen LogP) is 7.63. The van der Waals surface area contributed by atoms with E-state index in [4.69, 9.17) is 26.7 Å². The first-order chi connectivity index (χ1) is 18.7. The van der Waals surface area contributed by atoms with E-state index in [1.54, 1.807) is 0 Å². The van der Waals surface area contributed by atoms with Gasteiger partial charge in [-0.3, -0.25) is 0 Å². The molecule has 3 heterocycles. The van der Waals surface area contributed by atoms with Gasteiger partial charge in [-0.25, -0.2) is 14.7 Å². The summed E-state index contributed by atoms with van der Waals surface area (Å²) in [5, 5.41) is 9.16. The zero-order valence-corrected chi connectivity index (χ0v) is 21.3. The van der Waals surface area contributed by atoms with Gasteiger partial charge < -0.3 is 10.2 Å². The third-order valence-electron chi connectivity index (χ3n) is 6.86. The molecule has 0 fully saturated rings. The van der Waals surface area contributed by atoms with E-state index in [0.29, 0.717) is 10.9 Å². The highest BCUT2D eigenvalue weighted by atomic mass is 35.5. The van der Waals surface area contributed by atoms with E-state index >= 15 is 0 Å². The number of hydrogen-bond donors (Lipinski definition) is 1. The van der Waals surface area contributed by atoms with E-state index in [0.717, 1.165) is 51.2 Å². The molecule has 7 heteroatoms. The number of aliphatic imine (C=N–C) groups is 2. The first kappa shape index (κ1) is 22.5. The number of amidine groups is 2. The summed E-state index contributed by atoms with van der Waals surface area (Å²) in [5.74, 6) is 2.20. The topological polar surface area (TPSA) is 57.8 Å². The number of nitrogens with one attached hydrogen (secondary N) is 1. The number of halogens is 1.